The molecule has 1 N–H and O–H groups in total. The molecule has 0 fully saturated rings. The molecule has 1 aromatic carbocycles. The van der Waals surface area contributed by atoms with Crippen LogP contribution in [0.5, 0.6) is 0 Å². The lowest BCUT2D eigenvalue weighted by atomic mass is 10.1. The number of rotatable bonds is 5. The zero-order chi connectivity index (χ0) is 19.3. The topological polar surface area (TPSA) is 66.8 Å². The smallest absolute Gasteiger partial charge is 0.150 e. The number of hydrogen-bond acceptors (Lipinski definition) is 6. The summed E-state index contributed by atoms with van der Waals surface area (Å²) in [5.74, 6) is 1.33. The van der Waals surface area contributed by atoms with Gasteiger partial charge in [0.15, 0.2) is 5.82 Å². The van der Waals surface area contributed by atoms with E-state index in [1.54, 1.807) is 18.6 Å². The van der Waals surface area contributed by atoms with Gasteiger partial charge in [0.2, 0.25) is 0 Å². The molecule has 0 saturated carbocycles. The van der Waals surface area contributed by atoms with Crippen LogP contribution in [-0.2, 0) is 0 Å². The molecule has 0 amide bonds. The highest BCUT2D eigenvalue weighted by Gasteiger charge is 2.05. The van der Waals surface area contributed by atoms with E-state index in [0.717, 1.165) is 16.8 Å². The fourth-order valence-electron chi connectivity index (χ4n) is 2.79. The monoisotopic (exact) mass is 368 g/mol. The Bertz CT molecular complexity index is 1040. The minimum Gasteiger partial charge on any atom is -0.378 e. The average molecular weight is 368 g/mol. The van der Waals surface area contributed by atoms with Crippen LogP contribution in [0.2, 0.25) is 0 Å². The Hall–Kier alpha value is -3.80. The first-order chi connectivity index (χ1) is 13.7. The Morgan fingerprint density at radius 1 is 0.714 bits per heavy atom. The van der Waals surface area contributed by atoms with E-state index in [2.05, 4.69) is 54.4 Å². The van der Waals surface area contributed by atoms with E-state index < -0.39 is 0 Å². The van der Waals surface area contributed by atoms with E-state index >= 15 is 0 Å². The SMILES string of the molecule is CN(C)c1ccc(-c2ccc(Nc3cncc(-c4ccccn4)n3)nc2)cc1. The molecular weight excluding hydrogens is 348 g/mol. The summed E-state index contributed by atoms with van der Waals surface area (Å²) in [5, 5.41) is 3.20. The quantitative estimate of drug-likeness (QED) is 0.563. The Balaban J connectivity index is 1.50. The molecular formula is C22H20N6. The second-order valence-corrected chi connectivity index (χ2v) is 6.50. The minimum absolute atomic E-state index is 0.624. The summed E-state index contributed by atoms with van der Waals surface area (Å²) in [7, 11) is 4.06. The van der Waals surface area contributed by atoms with Gasteiger partial charge < -0.3 is 10.2 Å². The molecule has 4 rings (SSSR count). The number of aromatic nitrogens is 4. The number of nitrogens with zero attached hydrogens (tertiary/aromatic N) is 5. The second kappa shape index (κ2) is 7.84. The molecule has 0 unspecified atom stereocenters. The van der Waals surface area contributed by atoms with Crippen molar-refractivity contribution in [2.24, 2.45) is 0 Å². The van der Waals surface area contributed by atoms with Crippen LogP contribution in [0.15, 0.2) is 79.4 Å². The van der Waals surface area contributed by atoms with Crippen molar-refractivity contribution < 1.29 is 0 Å². The molecule has 0 spiro atoms. The van der Waals surface area contributed by atoms with Gasteiger partial charge in [0.1, 0.15) is 11.5 Å². The van der Waals surface area contributed by atoms with E-state index in [0.29, 0.717) is 17.3 Å². The summed E-state index contributed by atoms with van der Waals surface area (Å²) in [6.45, 7) is 0. The summed E-state index contributed by atoms with van der Waals surface area (Å²) < 4.78 is 0. The van der Waals surface area contributed by atoms with Gasteiger partial charge in [-0.2, -0.15) is 0 Å². The van der Waals surface area contributed by atoms with Gasteiger partial charge in [-0.1, -0.05) is 18.2 Å². The zero-order valence-electron chi connectivity index (χ0n) is 15.7. The first-order valence-electron chi connectivity index (χ1n) is 8.93. The molecule has 0 aliphatic heterocycles. The third-order valence-electron chi connectivity index (χ3n) is 4.30. The highest BCUT2D eigenvalue weighted by atomic mass is 15.1. The van der Waals surface area contributed by atoms with Crippen molar-refractivity contribution in [2.75, 3.05) is 24.3 Å². The van der Waals surface area contributed by atoms with E-state index in [1.807, 2.05) is 50.6 Å². The molecule has 0 aliphatic rings. The van der Waals surface area contributed by atoms with Crippen molar-refractivity contribution in [3.8, 4) is 22.5 Å². The molecule has 0 bridgehead atoms. The lowest BCUT2D eigenvalue weighted by Crippen LogP contribution is -2.07. The summed E-state index contributed by atoms with van der Waals surface area (Å²) in [5.41, 5.74) is 4.85. The molecule has 0 saturated heterocycles. The van der Waals surface area contributed by atoms with Gasteiger partial charge in [-0.05, 0) is 42.0 Å². The molecule has 4 aromatic rings. The van der Waals surface area contributed by atoms with Crippen molar-refractivity contribution >= 4 is 17.3 Å². The van der Waals surface area contributed by atoms with Crippen LogP contribution in [0.1, 0.15) is 0 Å². The van der Waals surface area contributed by atoms with Crippen LogP contribution in [0, 0.1) is 0 Å². The number of benzene rings is 1. The van der Waals surface area contributed by atoms with Crippen LogP contribution in [0.3, 0.4) is 0 Å². The third kappa shape index (κ3) is 3.96. The van der Waals surface area contributed by atoms with Gasteiger partial charge >= 0.3 is 0 Å². The van der Waals surface area contributed by atoms with E-state index in [9.17, 15) is 0 Å². The predicted octanol–water partition coefficient (Wildman–Crippen LogP) is 4.41. The zero-order valence-corrected chi connectivity index (χ0v) is 15.7. The molecule has 3 heterocycles. The Morgan fingerprint density at radius 2 is 1.54 bits per heavy atom. The van der Waals surface area contributed by atoms with Crippen molar-refractivity contribution in [2.45, 2.75) is 0 Å². The molecule has 6 nitrogen and oxygen atoms in total. The average Bonchev–Trinajstić information content (AvgIpc) is 2.75. The van der Waals surface area contributed by atoms with Gasteiger partial charge in [-0.15, -0.1) is 0 Å². The van der Waals surface area contributed by atoms with Crippen molar-refractivity contribution in [3.63, 3.8) is 0 Å². The largest absolute Gasteiger partial charge is 0.378 e. The molecule has 0 aliphatic carbocycles. The van der Waals surface area contributed by atoms with Crippen molar-refractivity contribution in [1.29, 1.82) is 0 Å². The predicted molar refractivity (Wildman–Crippen MR) is 113 cm³/mol. The third-order valence-corrected chi connectivity index (χ3v) is 4.30. The maximum Gasteiger partial charge on any atom is 0.150 e. The van der Waals surface area contributed by atoms with E-state index in [4.69, 9.17) is 0 Å². The fraction of sp³-hybridized carbons (Fsp3) is 0.0909. The van der Waals surface area contributed by atoms with Gasteiger partial charge in [-0.3, -0.25) is 9.97 Å². The van der Waals surface area contributed by atoms with Crippen LogP contribution in [0.4, 0.5) is 17.3 Å². The Morgan fingerprint density at radius 3 is 2.21 bits per heavy atom. The molecule has 28 heavy (non-hydrogen) atoms. The van der Waals surface area contributed by atoms with Crippen LogP contribution in [0.25, 0.3) is 22.5 Å². The first kappa shape index (κ1) is 17.6. The van der Waals surface area contributed by atoms with Gasteiger partial charge in [0.05, 0.1) is 18.1 Å². The van der Waals surface area contributed by atoms with Gasteiger partial charge in [-0.25, -0.2) is 9.97 Å². The first-order valence-corrected chi connectivity index (χ1v) is 8.93. The Labute approximate surface area is 164 Å². The number of anilines is 3. The normalized spacial score (nSPS) is 10.5. The second-order valence-electron chi connectivity index (χ2n) is 6.50. The maximum atomic E-state index is 4.56. The molecule has 0 atom stereocenters. The number of pyridine rings is 2. The molecule has 138 valence electrons. The van der Waals surface area contributed by atoms with Crippen molar-refractivity contribution in [1.82, 2.24) is 19.9 Å². The summed E-state index contributed by atoms with van der Waals surface area (Å²) in [4.78, 5) is 19.7. The lowest BCUT2D eigenvalue weighted by Gasteiger charge is -2.12. The van der Waals surface area contributed by atoms with Crippen LogP contribution < -0.4 is 10.2 Å². The number of nitrogens with one attached hydrogen (secondary N) is 1. The summed E-state index contributed by atoms with van der Waals surface area (Å²) >= 11 is 0. The summed E-state index contributed by atoms with van der Waals surface area (Å²) in [6.07, 6.45) is 6.95. The van der Waals surface area contributed by atoms with Crippen LogP contribution >= 0.6 is 0 Å². The van der Waals surface area contributed by atoms with Crippen molar-refractivity contribution in [3.05, 3.63) is 79.4 Å². The fourth-order valence-corrected chi connectivity index (χ4v) is 2.79. The summed E-state index contributed by atoms with van der Waals surface area (Å²) in [6, 6.07) is 18.1. The minimum atomic E-state index is 0.624. The maximum absolute atomic E-state index is 4.56. The van der Waals surface area contributed by atoms with E-state index in [-0.39, 0.29) is 0 Å². The highest BCUT2D eigenvalue weighted by Crippen LogP contribution is 2.23. The van der Waals surface area contributed by atoms with E-state index in [1.165, 1.54) is 5.69 Å². The van der Waals surface area contributed by atoms with Crippen LogP contribution in [-0.4, -0.2) is 34.0 Å². The lowest BCUT2D eigenvalue weighted by molar-refractivity contribution is 1.13. The Kier molecular flexibility index (Phi) is 4.93. The van der Waals surface area contributed by atoms with Gasteiger partial charge in [0, 0.05) is 37.7 Å². The molecule has 0 radical (unpaired) electrons. The number of hydrogen-bond donors (Lipinski definition) is 1. The highest BCUT2D eigenvalue weighted by molar-refractivity contribution is 5.67. The molecule has 6 heteroatoms. The standard InChI is InChI=1S/C22H20N6/c1-28(2)18-9-6-16(7-10-18)17-8-11-21(25-13-17)27-22-15-23-14-20(26-22)19-5-3-4-12-24-19/h3-15H,1-2H3,(H,25,26,27). The van der Waals surface area contributed by atoms with Gasteiger partial charge in [0.25, 0.3) is 0 Å². The molecule has 3 aromatic heterocycles.